The standard InChI is InChI=1S/C20H19N3O/c21-12-16-6-7-17-11-18-14-22(13-15-4-2-1-3-5-15)8-9-23(18)20(24)19(17)10-16/h1-7,10,18H,8-9,11,13-14H2. The van der Waals surface area contributed by atoms with Crippen LogP contribution in [0.4, 0.5) is 0 Å². The van der Waals surface area contributed by atoms with Crippen LogP contribution in [-0.4, -0.2) is 41.4 Å². The van der Waals surface area contributed by atoms with Crippen molar-refractivity contribution in [2.24, 2.45) is 0 Å². The summed E-state index contributed by atoms with van der Waals surface area (Å²) >= 11 is 0. The minimum atomic E-state index is 0.0812. The van der Waals surface area contributed by atoms with Gasteiger partial charge in [-0.1, -0.05) is 36.4 Å². The first kappa shape index (κ1) is 14.9. The van der Waals surface area contributed by atoms with Gasteiger partial charge in [-0.05, 0) is 29.7 Å². The summed E-state index contributed by atoms with van der Waals surface area (Å²) in [6, 6.07) is 18.3. The number of carbonyl (C=O) groups is 1. The normalized spacial score (nSPS) is 20.2. The highest BCUT2D eigenvalue weighted by Gasteiger charge is 2.36. The molecular formula is C20H19N3O. The van der Waals surface area contributed by atoms with E-state index in [1.165, 1.54) is 5.56 Å². The Kier molecular flexibility index (Phi) is 3.79. The van der Waals surface area contributed by atoms with Gasteiger partial charge in [-0.15, -0.1) is 0 Å². The number of rotatable bonds is 2. The van der Waals surface area contributed by atoms with Gasteiger partial charge >= 0.3 is 0 Å². The first-order valence-corrected chi connectivity index (χ1v) is 8.35. The third kappa shape index (κ3) is 2.68. The summed E-state index contributed by atoms with van der Waals surface area (Å²) in [7, 11) is 0. The van der Waals surface area contributed by atoms with Gasteiger partial charge in [0.1, 0.15) is 0 Å². The summed E-state index contributed by atoms with van der Waals surface area (Å²) in [5, 5.41) is 9.05. The maximum Gasteiger partial charge on any atom is 0.254 e. The van der Waals surface area contributed by atoms with Crippen LogP contribution in [0.2, 0.25) is 0 Å². The molecule has 4 rings (SSSR count). The molecule has 120 valence electrons. The molecular weight excluding hydrogens is 298 g/mol. The molecule has 0 N–H and O–H groups in total. The molecule has 0 aliphatic carbocycles. The van der Waals surface area contributed by atoms with Crippen molar-refractivity contribution in [1.29, 1.82) is 5.26 Å². The molecule has 1 amide bonds. The predicted molar refractivity (Wildman–Crippen MR) is 91.4 cm³/mol. The second-order valence-corrected chi connectivity index (χ2v) is 6.56. The number of fused-ring (bicyclic) bond motifs is 2. The summed E-state index contributed by atoms with van der Waals surface area (Å²) in [6.07, 6.45) is 0.873. The quantitative estimate of drug-likeness (QED) is 0.855. The second-order valence-electron chi connectivity index (χ2n) is 6.56. The molecule has 1 atom stereocenters. The number of hydrogen-bond donors (Lipinski definition) is 0. The highest BCUT2D eigenvalue weighted by Crippen LogP contribution is 2.27. The van der Waals surface area contributed by atoms with Crippen LogP contribution in [0, 0.1) is 11.3 Å². The van der Waals surface area contributed by atoms with E-state index >= 15 is 0 Å². The molecule has 2 aromatic rings. The van der Waals surface area contributed by atoms with Crippen LogP contribution in [0.3, 0.4) is 0 Å². The maximum atomic E-state index is 12.8. The van der Waals surface area contributed by atoms with Gasteiger partial charge in [0.15, 0.2) is 0 Å². The van der Waals surface area contributed by atoms with Crippen LogP contribution in [0.25, 0.3) is 0 Å². The molecule has 24 heavy (non-hydrogen) atoms. The highest BCUT2D eigenvalue weighted by atomic mass is 16.2. The molecule has 0 saturated carbocycles. The van der Waals surface area contributed by atoms with Crippen molar-refractivity contribution in [1.82, 2.24) is 9.80 Å². The zero-order valence-electron chi connectivity index (χ0n) is 13.5. The fraction of sp³-hybridized carbons (Fsp3) is 0.300. The number of carbonyl (C=O) groups excluding carboxylic acids is 1. The monoisotopic (exact) mass is 317 g/mol. The molecule has 1 fully saturated rings. The zero-order valence-corrected chi connectivity index (χ0v) is 13.5. The lowest BCUT2D eigenvalue weighted by atomic mass is 9.90. The Morgan fingerprint density at radius 1 is 1.12 bits per heavy atom. The second kappa shape index (κ2) is 6.10. The lowest BCUT2D eigenvalue weighted by Gasteiger charge is -2.44. The Bertz CT molecular complexity index is 809. The Balaban J connectivity index is 1.53. The molecule has 4 nitrogen and oxygen atoms in total. The molecule has 0 aromatic heterocycles. The maximum absolute atomic E-state index is 12.8. The van der Waals surface area contributed by atoms with Crippen LogP contribution in [-0.2, 0) is 13.0 Å². The lowest BCUT2D eigenvalue weighted by molar-refractivity contribution is 0.0402. The summed E-state index contributed by atoms with van der Waals surface area (Å²) in [4.78, 5) is 17.2. The number of piperazine rings is 1. The van der Waals surface area contributed by atoms with Gasteiger partial charge < -0.3 is 4.90 Å². The van der Waals surface area contributed by atoms with Crippen LogP contribution >= 0.6 is 0 Å². The summed E-state index contributed by atoms with van der Waals surface area (Å²) in [5.41, 5.74) is 3.65. The Labute approximate surface area is 141 Å². The van der Waals surface area contributed by atoms with E-state index in [2.05, 4.69) is 35.2 Å². The molecule has 1 saturated heterocycles. The minimum absolute atomic E-state index is 0.0812. The average molecular weight is 317 g/mol. The average Bonchev–Trinajstić information content (AvgIpc) is 2.62. The van der Waals surface area contributed by atoms with E-state index in [4.69, 9.17) is 5.26 Å². The third-order valence-electron chi connectivity index (χ3n) is 5.00. The zero-order chi connectivity index (χ0) is 16.5. The summed E-state index contributed by atoms with van der Waals surface area (Å²) < 4.78 is 0. The van der Waals surface area contributed by atoms with Crippen molar-refractivity contribution >= 4 is 5.91 Å². The summed E-state index contributed by atoms with van der Waals surface area (Å²) in [6.45, 7) is 3.48. The Morgan fingerprint density at radius 2 is 1.96 bits per heavy atom. The van der Waals surface area contributed by atoms with Crippen LogP contribution < -0.4 is 0 Å². The van der Waals surface area contributed by atoms with Gasteiger partial charge in [0.05, 0.1) is 11.6 Å². The van der Waals surface area contributed by atoms with Crippen LogP contribution in [0.15, 0.2) is 48.5 Å². The fourth-order valence-electron chi connectivity index (χ4n) is 3.78. The lowest BCUT2D eigenvalue weighted by Crippen LogP contribution is -2.57. The van der Waals surface area contributed by atoms with Crippen molar-refractivity contribution in [3.63, 3.8) is 0 Å². The molecule has 0 bridgehead atoms. The minimum Gasteiger partial charge on any atom is -0.333 e. The van der Waals surface area contributed by atoms with E-state index in [1.807, 2.05) is 23.1 Å². The number of benzene rings is 2. The summed E-state index contributed by atoms with van der Waals surface area (Å²) in [5.74, 6) is 0.0812. The molecule has 0 spiro atoms. The molecule has 2 aromatic carbocycles. The molecule has 2 aliphatic heterocycles. The highest BCUT2D eigenvalue weighted by molar-refractivity contribution is 5.97. The van der Waals surface area contributed by atoms with E-state index in [0.717, 1.165) is 38.2 Å². The van der Waals surface area contributed by atoms with E-state index in [1.54, 1.807) is 6.07 Å². The molecule has 4 heteroatoms. The first-order chi connectivity index (χ1) is 11.7. The first-order valence-electron chi connectivity index (χ1n) is 8.35. The van der Waals surface area contributed by atoms with Crippen molar-refractivity contribution in [2.45, 2.75) is 19.0 Å². The van der Waals surface area contributed by atoms with Gasteiger partial charge in [0.25, 0.3) is 5.91 Å². The van der Waals surface area contributed by atoms with Crippen LogP contribution in [0.5, 0.6) is 0 Å². The topological polar surface area (TPSA) is 47.3 Å². The van der Waals surface area contributed by atoms with E-state index in [9.17, 15) is 4.79 Å². The smallest absolute Gasteiger partial charge is 0.254 e. The van der Waals surface area contributed by atoms with E-state index < -0.39 is 0 Å². The van der Waals surface area contributed by atoms with Crippen molar-refractivity contribution in [3.8, 4) is 6.07 Å². The van der Waals surface area contributed by atoms with E-state index in [0.29, 0.717) is 11.1 Å². The van der Waals surface area contributed by atoms with Crippen molar-refractivity contribution in [3.05, 3.63) is 70.8 Å². The van der Waals surface area contributed by atoms with Crippen molar-refractivity contribution < 1.29 is 4.79 Å². The third-order valence-corrected chi connectivity index (χ3v) is 5.00. The van der Waals surface area contributed by atoms with Crippen molar-refractivity contribution in [2.75, 3.05) is 19.6 Å². The number of nitriles is 1. The van der Waals surface area contributed by atoms with Gasteiger partial charge in [-0.2, -0.15) is 5.26 Å². The number of hydrogen-bond acceptors (Lipinski definition) is 3. The largest absolute Gasteiger partial charge is 0.333 e. The van der Waals surface area contributed by atoms with E-state index in [-0.39, 0.29) is 11.9 Å². The van der Waals surface area contributed by atoms with Crippen LogP contribution in [0.1, 0.15) is 27.0 Å². The van der Waals surface area contributed by atoms with Gasteiger partial charge in [-0.25, -0.2) is 0 Å². The number of nitrogens with zero attached hydrogens (tertiary/aromatic N) is 3. The molecule has 0 radical (unpaired) electrons. The Hall–Kier alpha value is -2.64. The Morgan fingerprint density at radius 3 is 2.75 bits per heavy atom. The number of amides is 1. The molecule has 2 aliphatic rings. The van der Waals surface area contributed by atoms with Gasteiger partial charge in [0.2, 0.25) is 0 Å². The molecule has 1 unspecified atom stereocenters. The fourth-order valence-corrected chi connectivity index (χ4v) is 3.78. The van der Waals surface area contributed by atoms with Gasteiger partial charge in [0, 0.05) is 37.8 Å². The SMILES string of the molecule is N#Cc1ccc2c(c1)C(=O)N1CCN(Cc3ccccc3)CC1C2. The predicted octanol–water partition coefficient (Wildman–Crippen LogP) is 2.44. The molecule has 2 heterocycles. The van der Waals surface area contributed by atoms with Gasteiger partial charge in [-0.3, -0.25) is 9.69 Å².